The molecule has 25 heavy (non-hydrogen) atoms. The lowest BCUT2D eigenvalue weighted by molar-refractivity contribution is 0.266. The Morgan fingerprint density at radius 2 is 1.72 bits per heavy atom. The van der Waals surface area contributed by atoms with Gasteiger partial charge in [-0.1, -0.05) is 65.8 Å². The average Bonchev–Trinajstić information content (AvgIpc) is 3.30. The molecule has 0 spiro atoms. The molecule has 2 atom stereocenters. The molecule has 4 nitrogen and oxygen atoms in total. The van der Waals surface area contributed by atoms with Gasteiger partial charge >= 0.3 is 0 Å². The van der Waals surface area contributed by atoms with E-state index in [1.54, 1.807) is 0 Å². The summed E-state index contributed by atoms with van der Waals surface area (Å²) in [6.07, 6.45) is 0. The van der Waals surface area contributed by atoms with Gasteiger partial charge in [0.25, 0.3) is 0 Å². The molecule has 2 heterocycles. The molecule has 2 N–H and O–H groups in total. The first-order chi connectivity index (χ1) is 12.3. The van der Waals surface area contributed by atoms with Crippen molar-refractivity contribution in [1.29, 1.82) is 0 Å². The number of hydrogen-bond donors (Lipinski definition) is 1. The summed E-state index contributed by atoms with van der Waals surface area (Å²) >= 11 is 0. The monoisotopic (exact) mass is 333 g/mol. The number of nitrogens with two attached hydrogens (primary N) is 1. The van der Waals surface area contributed by atoms with Gasteiger partial charge in [-0.15, -0.1) is 0 Å². The highest BCUT2D eigenvalue weighted by Crippen LogP contribution is 2.33. The first kappa shape index (κ1) is 16.1. The number of benzene rings is 2. The van der Waals surface area contributed by atoms with Crippen LogP contribution in [-0.4, -0.2) is 29.7 Å². The standard InChI is InChI=1S/C21H23N3O/c22-12-18-13-24(15-20(18)16-7-3-1-4-8-16)14-19-11-21(23-25-19)17-9-5-2-6-10-17/h1-11,18,20H,12-15,22H2/t18-,20+/m1/s1. The zero-order valence-corrected chi connectivity index (χ0v) is 14.2. The van der Waals surface area contributed by atoms with Crippen LogP contribution in [0.1, 0.15) is 17.2 Å². The minimum Gasteiger partial charge on any atom is -0.359 e. The summed E-state index contributed by atoms with van der Waals surface area (Å²) in [6.45, 7) is 3.49. The zero-order chi connectivity index (χ0) is 17.1. The average molecular weight is 333 g/mol. The molecule has 128 valence electrons. The fourth-order valence-corrected chi connectivity index (χ4v) is 3.76. The van der Waals surface area contributed by atoms with Gasteiger partial charge in [0.1, 0.15) is 5.69 Å². The summed E-state index contributed by atoms with van der Waals surface area (Å²) in [7, 11) is 0. The maximum absolute atomic E-state index is 6.03. The first-order valence-corrected chi connectivity index (χ1v) is 8.82. The van der Waals surface area contributed by atoms with E-state index in [1.807, 2.05) is 36.4 Å². The molecule has 2 aromatic carbocycles. The highest BCUT2D eigenvalue weighted by molar-refractivity contribution is 5.58. The van der Waals surface area contributed by atoms with Crippen LogP contribution in [0.3, 0.4) is 0 Å². The summed E-state index contributed by atoms with van der Waals surface area (Å²) < 4.78 is 5.57. The normalized spacial score (nSPS) is 20.8. The van der Waals surface area contributed by atoms with E-state index in [9.17, 15) is 0 Å². The van der Waals surface area contributed by atoms with Gasteiger partial charge in [-0.25, -0.2) is 0 Å². The number of rotatable bonds is 5. The van der Waals surface area contributed by atoms with Gasteiger partial charge in [-0.05, 0) is 18.0 Å². The molecule has 1 saturated heterocycles. The highest BCUT2D eigenvalue weighted by Gasteiger charge is 2.33. The van der Waals surface area contributed by atoms with E-state index in [2.05, 4.69) is 40.4 Å². The van der Waals surface area contributed by atoms with Crippen LogP contribution in [-0.2, 0) is 6.54 Å². The Balaban J connectivity index is 1.46. The molecular weight excluding hydrogens is 310 g/mol. The predicted molar refractivity (Wildman–Crippen MR) is 98.9 cm³/mol. The van der Waals surface area contributed by atoms with Crippen LogP contribution in [0.15, 0.2) is 71.3 Å². The fourth-order valence-electron chi connectivity index (χ4n) is 3.76. The summed E-state index contributed by atoms with van der Waals surface area (Å²) in [6, 6.07) is 22.9. The number of hydrogen-bond acceptors (Lipinski definition) is 4. The zero-order valence-electron chi connectivity index (χ0n) is 14.2. The van der Waals surface area contributed by atoms with Crippen molar-refractivity contribution in [2.24, 2.45) is 11.7 Å². The number of nitrogens with zero attached hydrogens (tertiary/aromatic N) is 2. The van der Waals surface area contributed by atoms with E-state index >= 15 is 0 Å². The number of aromatic nitrogens is 1. The lowest BCUT2D eigenvalue weighted by Crippen LogP contribution is -2.23. The molecule has 0 amide bonds. The minimum atomic E-state index is 0.485. The van der Waals surface area contributed by atoms with E-state index in [1.165, 1.54) is 5.56 Å². The molecule has 1 aromatic heterocycles. The van der Waals surface area contributed by atoms with Crippen molar-refractivity contribution in [2.75, 3.05) is 19.6 Å². The molecule has 0 saturated carbocycles. The molecule has 3 aromatic rings. The third-order valence-corrected chi connectivity index (χ3v) is 5.06. The quantitative estimate of drug-likeness (QED) is 0.776. The second kappa shape index (κ2) is 7.21. The highest BCUT2D eigenvalue weighted by atomic mass is 16.5. The van der Waals surface area contributed by atoms with Gasteiger partial charge in [0.15, 0.2) is 5.76 Å². The van der Waals surface area contributed by atoms with E-state index in [0.717, 1.165) is 36.7 Å². The van der Waals surface area contributed by atoms with Gasteiger partial charge < -0.3 is 10.3 Å². The smallest absolute Gasteiger partial charge is 0.151 e. The van der Waals surface area contributed by atoms with Crippen molar-refractivity contribution >= 4 is 0 Å². The van der Waals surface area contributed by atoms with Gasteiger partial charge in [0.2, 0.25) is 0 Å². The van der Waals surface area contributed by atoms with Crippen LogP contribution >= 0.6 is 0 Å². The Kier molecular flexibility index (Phi) is 4.63. The maximum atomic E-state index is 6.03. The fraction of sp³-hybridized carbons (Fsp3) is 0.286. The summed E-state index contributed by atoms with van der Waals surface area (Å²) in [5.74, 6) is 1.88. The molecule has 1 aliphatic rings. The largest absolute Gasteiger partial charge is 0.359 e. The van der Waals surface area contributed by atoms with Crippen molar-refractivity contribution in [3.05, 3.63) is 78.1 Å². The van der Waals surface area contributed by atoms with E-state index in [-0.39, 0.29) is 0 Å². The molecule has 4 rings (SSSR count). The van der Waals surface area contributed by atoms with Crippen LogP contribution in [0, 0.1) is 5.92 Å². The first-order valence-electron chi connectivity index (χ1n) is 8.82. The second-order valence-corrected chi connectivity index (χ2v) is 6.75. The second-order valence-electron chi connectivity index (χ2n) is 6.75. The van der Waals surface area contributed by atoms with Crippen LogP contribution in [0.5, 0.6) is 0 Å². The van der Waals surface area contributed by atoms with E-state index in [0.29, 0.717) is 18.4 Å². The SMILES string of the molecule is NC[C@@H]1CN(Cc2cc(-c3ccccc3)no2)C[C@H]1c1ccccc1. The van der Waals surface area contributed by atoms with Gasteiger partial charge in [0.05, 0.1) is 6.54 Å². The van der Waals surface area contributed by atoms with Gasteiger partial charge in [-0.3, -0.25) is 4.90 Å². The molecule has 1 fully saturated rings. The minimum absolute atomic E-state index is 0.485. The van der Waals surface area contributed by atoms with Crippen molar-refractivity contribution < 1.29 is 4.52 Å². The summed E-state index contributed by atoms with van der Waals surface area (Å²) in [5.41, 5.74) is 9.39. The third-order valence-electron chi connectivity index (χ3n) is 5.06. The van der Waals surface area contributed by atoms with Crippen LogP contribution in [0.2, 0.25) is 0 Å². The van der Waals surface area contributed by atoms with E-state index < -0.39 is 0 Å². The Morgan fingerprint density at radius 3 is 2.44 bits per heavy atom. The molecular formula is C21H23N3O. The summed E-state index contributed by atoms with van der Waals surface area (Å²) in [4.78, 5) is 2.42. The lowest BCUT2D eigenvalue weighted by Gasteiger charge is -2.16. The third kappa shape index (κ3) is 3.50. The van der Waals surface area contributed by atoms with Crippen molar-refractivity contribution in [3.8, 4) is 11.3 Å². The van der Waals surface area contributed by atoms with Crippen LogP contribution in [0.4, 0.5) is 0 Å². The molecule has 0 radical (unpaired) electrons. The van der Waals surface area contributed by atoms with Crippen LogP contribution < -0.4 is 5.73 Å². The van der Waals surface area contributed by atoms with Gasteiger partial charge in [-0.2, -0.15) is 0 Å². The van der Waals surface area contributed by atoms with E-state index in [4.69, 9.17) is 10.3 Å². The Hall–Kier alpha value is -2.43. The summed E-state index contributed by atoms with van der Waals surface area (Å²) in [5, 5.41) is 4.22. The van der Waals surface area contributed by atoms with Crippen molar-refractivity contribution in [2.45, 2.75) is 12.5 Å². The topological polar surface area (TPSA) is 55.3 Å². The lowest BCUT2D eigenvalue weighted by atomic mass is 9.89. The predicted octanol–water partition coefficient (Wildman–Crippen LogP) is 3.52. The van der Waals surface area contributed by atoms with Gasteiger partial charge in [0, 0.05) is 30.6 Å². The Labute approximate surface area is 148 Å². The van der Waals surface area contributed by atoms with Crippen LogP contribution in [0.25, 0.3) is 11.3 Å². The molecule has 0 aliphatic carbocycles. The van der Waals surface area contributed by atoms with Crippen molar-refractivity contribution in [3.63, 3.8) is 0 Å². The maximum Gasteiger partial charge on any atom is 0.151 e. The Bertz CT molecular complexity index is 800. The molecule has 1 aliphatic heterocycles. The Morgan fingerprint density at radius 1 is 1.00 bits per heavy atom. The molecule has 0 bridgehead atoms. The molecule has 0 unspecified atom stereocenters. The molecule has 4 heteroatoms. The number of likely N-dealkylation sites (tertiary alicyclic amines) is 1. The van der Waals surface area contributed by atoms with Crippen molar-refractivity contribution in [1.82, 2.24) is 10.1 Å².